The predicted octanol–water partition coefficient (Wildman–Crippen LogP) is 3.76. The van der Waals surface area contributed by atoms with Gasteiger partial charge in [0, 0.05) is 11.1 Å². The molecule has 3 rings (SSSR count). The van der Waals surface area contributed by atoms with Crippen LogP contribution in [-0.4, -0.2) is 15.2 Å². The van der Waals surface area contributed by atoms with Crippen LogP contribution in [0.4, 0.5) is 5.13 Å². The van der Waals surface area contributed by atoms with Gasteiger partial charge in [0.1, 0.15) is 17.4 Å². The number of rotatable bonds is 6. The molecule has 0 fully saturated rings. The number of thiazole rings is 1. The highest BCUT2D eigenvalue weighted by atomic mass is 32.2. The van der Waals surface area contributed by atoms with Crippen molar-refractivity contribution in [1.29, 1.82) is 0 Å². The average Bonchev–Trinajstić information content (AvgIpc) is 3.13. The van der Waals surface area contributed by atoms with Crippen molar-refractivity contribution < 1.29 is 4.74 Å². The summed E-state index contributed by atoms with van der Waals surface area (Å²) in [5.41, 5.74) is 7.80. The highest BCUT2D eigenvalue weighted by Crippen LogP contribution is 2.27. The molecule has 0 aliphatic rings. The fourth-order valence-corrected chi connectivity index (χ4v) is 4.01. The van der Waals surface area contributed by atoms with Crippen molar-refractivity contribution in [3.05, 3.63) is 45.9 Å². The summed E-state index contributed by atoms with van der Waals surface area (Å²) in [5.74, 6) is 1.62. The number of anilines is 1. The first-order valence-corrected chi connectivity index (χ1v) is 9.22. The molecular formula is C14H14N4OS3. The van der Waals surface area contributed by atoms with Crippen molar-refractivity contribution >= 4 is 39.6 Å². The van der Waals surface area contributed by atoms with Crippen LogP contribution in [0, 0.1) is 6.92 Å². The molecule has 2 N–H and O–H groups in total. The third-order valence-electron chi connectivity index (χ3n) is 2.75. The first-order chi connectivity index (χ1) is 10.7. The molecular weight excluding hydrogens is 336 g/mol. The molecule has 0 aliphatic heterocycles. The molecule has 0 unspecified atom stereocenters. The van der Waals surface area contributed by atoms with Gasteiger partial charge in [-0.1, -0.05) is 40.8 Å². The second-order valence-electron chi connectivity index (χ2n) is 4.53. The molecule has 22 heavy (non-hydrogen) atoms. The monoisotopic (exact) mass is 350 g/mol. The van der Waals surface area contributed by atoms with E-state index in [0.29, 0.717) is 11.7 Å². The van der Waals surface area contributed by atoms with Crippen LogP contribution in [0.15, 0.2) is 34.0 Å². The minimum Gasteiger partial charge on any atom is -0.486 e. The molecule has 0 atom stereocenters. The quantitative estimate of drug-likeness (QED) is 0.682. The second kappa shape index (κ2) is 7.08. The zero-order valence-electron chi connectivity index (χ0n) is 11.9. The Kier molecular flexibility index (Phi) is 4.91. The van der Waals surface area contributed by atoms with Crippen LogP contribution in [0.3, 0.4) is 0 Å². The smallest absolute Gasteiger partial charge is 0.203 e. The highest BCUT2D eigenvalue weighted by Gasteiger charge is 2.06. The SMILES string of the molecule is Cc1ccc(OCc2nc(CSc3nnc(N)s3)cs2)cc1. The van der Waals surface area contributed by atoms with Crippen LogP contribution < -0.4 is 10.5 Å². The summed E-state index contributed by atoms with van der Waals surface area (Å²) in [7, 11) is 0. The van der Waals surface area contributed by atoms with Gasteiger partial charge in [0.05, 0.1) is 5.69 Å². The number of ether oxygens (including phenoxy) is 1. The van der Waals surface area contributed by atoms with Gasteiger partial charge < -0.3 is 10.5 Å². The van der Waals surface area contributed by atoms with Gasteiger partial charge in [0.2, 0.25) is 5.13 Å². The van der Waals surface area contributed by atoms with Crippen LogP contribution in [-0.2, 0) is 12.4 Å². The highest BCUT2D eigenvalue weighted by molar-refractivity contribution is 8.00. The maximum atomic E-state index is 5.73. The lowest BCUT2D eigenvalue weighted by atomic mass is 10.2. The number of hydrogen-bond donors (Lipinski definition) is 1. The summed E-state index contributed by atoms with van der Waals surface area (Å²) in [4.78, 5) is 4.56. The predicted molar refractivity (Wildman–Crippen MR) is 91.5 cm³/mol. The Hall–Kier alpha value is -1.64. The molecule has 0 amide bonds. The van der Waals surface area contributed by atoms with E-state index in [9.17, 15) is 0 Å². The van der Waals surface area contributed by atoms with E-state index in [0.717, 1.165) is 26.5 Å². The Morgan fingerprint density at radius 1 is 1.23 bits per heavy atom. The number of nitrogens with two attached hydrogens (primary N) is 1. The Morgan fingerprint density at radius 2 is 2.05 bits per heavy atom. The molecule has 5 nitrogen and oxygen atoms in total. The van der Waals surface area contributed by atoms with Gasteiger partial charge in [-0.05, 0) is 19.1 Å². The number of nitrogens with zero attached hydrogens (tertiary/aromatic N) is 3. The molecule has 0 saturated heterocycles. The third-order valence-corrected chi connectivity index (χ3v) is 5.54. The number of nitrogen functional groups attached to an aromatic ring is 1. The van der Waals surface area contributed by atoms with E-state index in [2.05, 4.69) is 22.1 Å². The Balaban J connectivity index is 1.51. The lowest BCUT2D eigenvalue weighted by Gasteiger charge is -2.03. The molecule has 1 aromatic carbocycles. The van der Waals surface area contributed by atoms with Crippen LogP contribution in [0.5, 0.6) is 5.75 Å². The van der Waals surface area contributed by atoms with Crippen LogP contribution >= 0.6 is 34.4 Å². The van der Waals surface area contributed by atoms with Gasteiger partial charge in [0.25, 0.3) is 0 Å². The number of thioether (sulfide) groups is 1. The van der Waals surface area contributed by atoms with Crippen molar-refractivity contribution in [2.75, 3.05) is 5.73 Å². The van der Waals surface area contributed by atoms with Gasteiger partial charge >= 0.3 is 0 Å². The van der Waals surface area contributed by atoms with Gasteiger partial charge in [-0.25, -0.2) is 4.98 Å². The van der Waals surface area contributed by atoms with Crippen molar-refractivity contribution in [2.45, 2.75) is 23.6 Å². The first kappa shape index (κ1) is 15.3. The summed E-state index contributed by atoms with van der Waals surface area (Å²) < 4.78 is 6.59. The van der Waals surface area contributed by atoms with Gasteiger partial charge in [-0.3, -0.25) is 0 Å². The first-order valence-electron chi connectivity index (χ1n) is 6.53. The van der Waals surface area contributed by atoms with Crippen molar-refractivity contribution in [3.8, 4) is 5.75 Å². The van der Waals surface area contributed by atoms with Gasteiger partial charge in [-0.2, -0.15) is 0 Å². The average molecular weight is 350 g/mol. The summed E-state index contributed by atoms with van der Waals surface area (Å²) in [6.45, 7) is 2.55. The maximum Gasteiger partial charge on any atom is 0.203 e. The summed E-state index contributed by atoms with van der Waals surface area (Å²) in [5, 5.41) is 11.3. The molecule has 0 saturated carbocycles. The lowest BCUT2D eigenvalue weighted by Crippen LogP contribution is -1.95. The Morgan fingerprint density at radius 3 is 2.77 bits per heavy atom. The van der Waals surface area contributed by atoms with E-state index in [1.165, 1.54) is 16.9 Å². The van der Waals surface area contributed by atoms with E-state index in [-0.39, 0.29) is 0 Å². The fraction of sp³-hybridized carbons (Fsp3) is 0.214. The molecule has 8 heteroatoms. The molecule has 0 aliphatic carbocycles. The van der Waals surface area contributed by atoms with E-state index >= 15 is 0 Å². The number of aromatic nitrogens is 3. The summed E-state index contributed by atoms with van der Waals surface area (Å²) >= 11 is 4.59. The third kappa shape index (κ3) is 4.19. The lowest BCUT2D eigenvalue weighted by molar-refractivity contribution is 0.305. The Labute approximate surface area is 140 Å². The van der Waals surface area contributed by atoms with Crippen LogP contribution in [0.2, 0.25) is 0 Å². The van der Waals surface area contributed by atoms with Crippen molar-refractivity contribution in [1.82, 2.24) is 15.2 Å². The van der Waals surface area contributed by atoms with Crippen molar-refractivity contribution in [2.24, 2.45) is 0 Å². The number of benzene rings is 1. The van der Waals surface area contributed by atoms with Crippen LogP contribution in [0.25, 0.3) is 0 Å². The van der Waals surface area contributed by atoms with E-state index < -0.39 is 0 Å². The molecule has 0 radical (unpaired) electrons. The largest absolute Gasteiger partial charge is 0.486 e. The topological polar surface area (TPSA) is 73.9 Å². The van der Waals surface area contributed by atoms with Gasteiger partial charge in [-0.15, -0.1) is 21.5 Å². The van der Waals surface area contributed by atoms with E-state index in [1.807, 2.05) is 29.6 Å². The number of hydrogen-bond acceptors (Lipinski definition) is 8. The van der Waals surface area contributed by atoms with Crippen molar-refractivity contribution in [3.63, 3.8) is 0 Å². The zero-order valence-corrected chi connectivity index (χ0v) is 14.3. The maximum absolute atomic E-state index is 5.73. The molecule has 2 aromatic heterocycles. The summed E-state index contributed by atoms with van der Waals surface area (Å²) in [6, 6.07) is 8.01. The van der Waals surface area contributed by atoms with Crippen LogP contribution in [0.1, 0.15) is 16.3 Å². The Bertz CT molecular complexity index is 739. The fourth-order valence-electron chi connectivity index (χ4n) is 1.68. The van der Waals surface area contributed by atoms with E-state index in [1.54, 1.807) is 23.1 Å². The minimum atomic E-state index is 0.490. The zero-order chi connectivity index (χ0) is 15.4. The normalized spacial score (nSPS) is 10.8. The molecule has 114 valence electrons. The molecule has 0 bridgehead atoms. The molecule has 3 aromatic rings. The second-order valence-corrected chi connectivity index (χ2v) is 7.70. The minimum absolute atomic E-state index is 0.490. The molecule has 2 heterocycles. The standard InChI is InChI=1S/C14H14N4OS3/c1-9-2-4-11(5-3-9)19-6-12-16-10(7-20-12)8-21-14-18-17-13(15)22-14/h2-5,7H,6,8H2,1H3,(H2,15,17). The van der Waals surface area contributed by atoms with Gasteiger partial charge in [0.15, 0.2) is 4.34 Å². The molecule has 0 spiro atoms. The summed E-state index contributed by atoms with van der Waals surface area (Å²) in [6.07, 6.45) is 0. The van der Waals surface area contributed by atoms with E-state index in [4.69, 9.17) is 10.5 Å². The number of aryl methyl sites for hydroxylation is 1.